The van der Waals surface area contributed by atoms with Crippen molar-refractivity contribution in [2.75, 3.05) is 0 Å². The maximum atomic E-state index is 10.7. The van der Waals surface area contributed by atoms with Gasteiger partial charge in [0.1, 0.15) is 6.07 Å². The van der Waals surface area contributed by atoms with Crippen molar-refractivity contribution in [3.8, 4) is 6.07 Å². The van der Waals surface area contributed by atoms with Gasteiger partial charge in [-0.15, -0.1) is 0 Å². The highest BCUT2D eigenvalue weighted by Gasteiger charge is 2.05. The summed E-state index contributed by atoms with van der Waals surface area (Å²) in [5, 5.41) is 20.1. The lowest BCUT2D eigenvalue weighted by Crippen LogP contribution is -1.89. The monoisotopic (exact) mass is 285 g/mol. The second kappa shape index (κ2) is 5.95. The molecule has 2 rings (SSSR count). The van der Waals surface area contributed by atoms with Gasteiger partial charge in [0.25, 0.3) is 5.69 Å². The lowest BCUT2D eigenvalue weighted by Gasteiger charge is -1.98. The zero-order valence-electron chi connectivity index (χ0n) is 10.2. The van der Waals surface area contributed by atoms with Gasteiger partial charge in [0, 0.05) is 23.4 Å². The molecule has 0 saturated heterocycles. The highest BCUT2D eigenvalue weighted by molar-refractivity contribution is 6.30. The van der Waals surface area contributed by atoms with Crippen molar-refractivity contribution in [3.63, 3.8) is 0 Å². The summed E-state index contributed by atoms with van der Waals surface area (Å²) in [5.74, 6) is 0. The van der Waals surface area contributed by atoms with Gasteiger partial charge < -0.3 is 0 Å². The Morgan fingerprint density at radius 3 is 2.80 bits per heavy atom. The van der Waals surface area contributed by atoms with E-state index in [4.69, 9.17) is 16.9 Å². The number of hydrogen-bond donors (Lipinski definition) is 0. The first kappa shape index (κ1) is 13.7. The molecule has 0 aliphatic heterocycles. The number of halogens is 1. The fourth-order valence-corrected chi connectivity index (χ4v) is 1.75. The van der Waals surface area contributed by atoms with E-state index in [0.29, 0.717) is 21.8 Å². The minimum atomic E-state index is -0.472. The smallest absolute Gasteiger partial charge is 0.258 e. The zero-order valence-corrected chi connectivity index (χ0v) is 10.9. The van der Waals surface area contributed by atoms with Gasteiger partial charge in [-0.25, -0.2) is 0 Å². The molecule has 0 aliphatic carbocycles. The summed E-state index contributed by atoms with van der Waals surface area (Å²) < 4.78 is 0. The second-order valence-corrected chi connectivity index (χ2v) is 4.32. The van der Waals surface area contributed by atoms with E-state index in [9.17, 15) is 10.1 Å². The van der Waals surface area contributed by atoms with Crippen LogP contribution in [0.4, 0.5) is 11.4 Å². The van der Waals surface area contributed by atoms with Crippen LogP contribution < -0.4 is 0 Å². The van der Waals surface area contributed by atoms with Gasteiger partial charge in [-0.1, -0.05) is 23.7 Å². The largest absolute Gasteiger partial charge is 0.270 e. The summed E-state index contributed by atoms with van der Waals surface area (Å²) in [4.78, 5) is 14.4. The van der Waals surface area contributed by atoms with Gasteiger partial charge in [-0.2, -0.15) is 5.26 Å². The van der Waals surface area contributed by atoms with E-state index in [0.717, 1.165) is 0 Å². The number of non-ortho nitro benzene ring substituents is 1. The molecule has 0 N–H and O–H groups in total. The predicted octanol–water partition coefficient (Wildman–Crippen LogP) is 3.87. The maximum Gasteiger partial charge on any atom is 0.270 e. The van der Waals surface area contributed by atoms with E-state index in [1.807, 2.05) is 6.07 Å². The molecule has 0 aromatic heterocycles. The first-order valence-corrected chi connectivity index (χ1v) is 5.96. The molecule has 6 heteroatoms. The number of aliphatic imine (C=N–C) groups is 1. The lowest BCUT2D eigenvalue weighted by atomic mass is 10.2. The summed E-state index contributed by atoms with van der Waals surface area (Å²) in [6.45, 7) is 0. The Morgan fingerprint density at radius 1 is 1.30 bits per heavy atom. The quantitative estimate of drug-likeness (QED) is 0.488. The Balaban J connectivity index is 2.32. The van der Waals surface area contributed by atoms with Gasteiger partial charge in [-0.05, 0) is 23.8 Å². The van der Waals surface area contributed by atoms with Crippen LogP contribution in [-0.4, -0.2) is 11.1 Å². The Bertz CT molecular complexity index is 735. The summed E-state index contributed by atoms with van der Waals surface area (Å²) in [6, 6.07) is 12.8. The third-order valence-corrected chi connectivity index (χ3v) is 2.75. The van der Waals surface area contributed by atoms with Gasteiger partial charge in [0.2, 0.25) is 0 Å². The molecular formula is C14H8ClN3O2. The van der Waals surface area contributed by atoms with Gasteiger partial charge in [0.15, 0.2) is 0 Å². The number of nitro groups is 1. The molecule has 0 unspecified atom stereocenters. The second-order valence-electron chi connectivity index (χ2n) is 3.88. The molecule has 0 spiro atoms. The van der Waals surface area contributed by atoms with Crippen LogP contribution in [0.15, 0.2) is 47.5 Å². The average Bonchev–Trinajstić information content (AvgIpc) is 2.46. The van der Waals surface area contributed by atoms with Crippen LogP contribution >= 0.6 is 11.6 Å². The van der Waals surface area contributed by atoms with E-state index in [1.165, 1.54) is 24.4 Å². The van der Waals surface area contributed by atoms with Crippen LogP contribution in [-0.2, 0) is 0 Å². The molecule has 0 aliphatic rings. The zero-order chi connectivity index (χ0) is 14.5. The van der Waals surface area contributed by atoms with Gasteiger partial charge in [-0.3, -0.25) is 15.1 Å². The fraction of sp³-hybridized carbons (Fsp3) is 0. The SMILES string of the molecule is N#Cc1cc(Cl)ccc1N=Cc1cccc([N+](=O)[O-])c1. The lowest BCUT2D eigenvalue weighted by molar-refractivity contribution is -0.384. The molecular weight excluding hydrogens is 278 g/mol. The van der Waals surface area contributed by atoms with Crippen LogP contribution in [0, 0.1) is 21.4 Å². The van der Waals surface area contributed by atoms with Crippen LogP contribution in [0.25, 0.3) is 0 Å². The van der Waals surface area contributed by atoms with E-state index >= 15 is 0 Å². The number of nitriles is 1. The molecule has 0 saturated carbocycles. The predicted molar refractivity (Wildman–Crippen MR) is 76.5 cm³/mol. The molecule has 98 valence electrons. The molecule has 0 atom stereocenters. The van der Waals surface area contributed by atoms with Crippen molar-refractivity contribution in [1.29, 1.82) is 5.26 Å². The first-order chi connectivity index (χ1) is 9.60. The average molecular weight is 286 g/mol. The number of nitro benzene ring substituents is 1. The molecule has 0 amide bonds. The van der Waals surface area contributed by atoms with Crippen LogP contribution in [0.5, 0.6) is 0 Å². The molecule has 0 radical (unpaired) electrons. The molecule has 5 nitrogen and oxygen atoms in total. The van der Waals surface area contributed by atoms with Crippen molar-refractivity contribution in [3.05, 3.63) is 68.7 Å². The maximum absolute atomic E-state index is 10.7. The highest BCUT2D eigenvalue weighted by Crippen LogP contribution is 2.22. The molecule has 2 aromatic rings. The first-order valence-electron chi connectivity index (χ1n) is 5.58. The number of rotatable bonds is 3. The van der Waals surface area contributed by atoms with E-state index < -0.39 is 4.92 Å². The topological polar surface area (TPSA) is 79.3 Å². The molecule has 0 heterocycles. The third kappa shape index (κ3) is 3.19. The van der Waals surface area contributed by atoms with Crippen molar-refractivity contribution in [2.45, 2.75) is 0 Å². The van der Waals surface area contributed by atoms with Crippen LogP contribution in [0.1, 0.15) is 11.1 Å². The Morgan fingerprint density at radius 2 is 2.10 bits per heavy atom. The summed E-state index contributed by atoms with van der Waals surface area (Å²) in [7, 11) is 0. The minimum absolute atomic E-state index is 0.00874. The van der Waals surface area contributed by atoms with E-state index in [2.05, 4.69) is 4.99 Å². The Hall–Kier alpha value is -2.71. The third-order valence-electron chi connectivity index (χ3n) is 2.51. The van der Waals surface area contributed by atoms with Crippen molar-refractivity contribution in [1.82, 2.24) is 0 Å². The van der Waals surface area contributed by atoms with E-state index in [1.54, 1.807) is 24.3 Å². The Labute approximate surface area is 119 Å². The van der Waals surface area contributed by atoms with Crippen molar-refractivity contribution >= 4 is 29.2 Å². The molecule has 0 fully saturated rings. The van der Waals surface area contributed by atoms with E-state index in [-0.39, 0.29) is 5.69 Å². The number of nitrogens with zero attached hydrogens (tertiary/aromatic N) is 3. The molecule has 2 aromatic carbocycles. The number of benzene rings is 2. The van der Waals surface area contributed by atoms with Crippen LogP contribution in [0.2, 0.25) is 5.02 Å². The molecule has 0 bridgehead atoms. The normalized spacial score (nSPS) is 10.4. The van der Waals surface area contributed by atoms with Crippen molar-refractivity contribution in [2.24, 2.45) is 4.99 Å². The van der Waals surface area contributed by atoms with Crippen LogP contribution in [0.3, 0.4) is 0 Å². The Kier molecular flexibility index (Phi) is 4.08. The number of hydrogen-bond acceptors (Lipinski definition) is 4. The summed E-state index contributed by atoms with van der Waals surface area (Å²) in [6.07, 6.45) is 1.47. The highest BCUT2D eigenvalue weighted by atomic mass is 35.5. The minimum Gasteiger partial charge on any atom is -0.258 e. The molecule has 20 heavy (non-hydrogen) atoms. The van der Waals surface area contributed by atoms with Crippen molar-refractivity contribution < 1.29 is 4.92 Å². The summed E-state index contributed by atoms with van der Waals surface area (Å²) in [5.41, 5.74) is 1.38. The van der Waals surface area contributed by atoms with Gasteiger partial charge in [0.05, 0.1) is 16.2 Å². The standard InChI is InChI=1S/C14H8ClN3O2/c15-12-4-5-14(11(7-12)8-16)17-9-10-2-1-3-13(6-10)18(19)20/h1-7,9H. The van der Waals surface area contributed by atoms with Gasteiger partial charge >= 0.3 is 0 Å². The fourth-order valence-electron chi connectivity index (χ4n) is 1.57. The summed E-state index contributed by atoms with van der Waals surface area (Å²) >= 11 is 5.79.